The van der Waals surface area contributed by atoms with Crippen molar-refractivity contribution in [2.24, 2.45) is 0 Å². The molecule has 2 aromatic heterocycles. The van der Waals surface area contributed by atoms with Crippen LogP contribution in [0.1, 0.15) is 36.9 Å². The van der Waals surface area contributed by atoms with E-state index in [0.29, 0.717) is 11.0 Å². The van der Waals surface area contributed by atoms with Crippen LogP contribution >= 0.6 is 11.3 Å². The van der Waals surface area contributed by atoms with Gasteiger partial charge in [-0.1, -0.05) is 11.3 Å². The van der Waals surface area contributed by atoms with E-state index >= 15 is 0 Å². The quantitative estimate of drug-likeness (QED) is 0.866. The summed E-state index contributed by atoms with van der Waals surface area (Å²) in [6.07, 6.45) is 3.92. The van der Waals surface area contributed by atoms with E-state index in [4.69, 9.17) is 0 Å². The number of nitrogens with one attached hydrogen (secondary N) is 1. The zero-order valence-electron chi connectivity index (χ0n) is 11.3. The summed E-state index contributed by atoms with van der Waals surface area (Å²) in [6.45, 7) is 6.27. The third-order valence-electron chi connectivity index (χ3n) is 3.88. The van der Waals surface area contributed by atoms with Gasteiger partial charge < -0.3 is 4.90 Å². The molecule has 3 rings (SSSR count). The lowest BCUT2D eigenvalue weighted by molar-refractivity contribution is -0.941. The summed E-state index contributed by atoms with van der Waals surface area (Å²) in [5.41, 5.74) is 0.686. The lowest BCUT2D eigenvalue weighted by atomic mass is 10.0. The van der Waals surface area contributed by atoms with E-state index in [1.54, 1.807) is 16.2 Å². The van der Waals surface area contributed by atoms with E-state index in [0.717, 1.165) is 17.2 Å². The van der Waals surface area contributed by atoms with Crippen LogP contribution in [0.25, 0.3) is 4.96 Å². The molecule has 1 fully saturated rings. The van der Waals surface area contributed by atoms with Crippen LogP contribution in [0.15, 0.2) is 10.9 Å². The minimum Gasteiger partial charge on any atom is -0.327 e. The lowest BCUT2D eigenvalue weighted by Crippen LogP contribution is -3.14. The minimum atomic E-state index is -0.0771. The summed E-state index contributed by atoms with van der Waals surface area (Å²) >= 11 is 1.54. The van der Waals surface area contributed by atoms with Crippen molar-refractivity contribution in [2.45, 2.75) is 45.7 Å². The summed E-state index contributed by atoms with van der Waals surface area (Å²) in [6, 6.07) is 2.22. The van der Waals surface area contributed by atoms with Gasteiger partial charge in [-0.25, -0.2) is 4.98 Å². The molecular weight excluding hydrogens is 260 g/mol. The first-order chi connectivity index (χ1) is 9.13. The Labute approximate surface area is 115 Å². The molecule has 6 heteroatoms. The zero-order chi connectivity index (χ0) is 13.4. The molecule has 0 saturated carbocycles. The predicted molar refractivity (Wildman–Crippen MR) is 74.7 cm³/mol. The summed E-state index contributed by atoms with van der Waals surface area (Å²) in [5, 5.41) is 5.43. The molecule has 0 bridgehead atoms. The predicted octanol–water partition coefficient (Wildman–Crippen LogP) is 0.417. The number of quaternary nitrogens is 1. The molecule has 3 heterocycles. The van der Waals surface area contributed by atoms with Gasteiger partial charge in [0.1, 0.15) is 6.54 Å². The van der Waals surface area contributed by atoms with Crippen LogP contribution in [0.4, 0.5) is 0 Å². The first-order valence-corrected chi connectivity index (χ1v) is 7.66. The zero-order valence-corrected chi connectivity index (χ0v) is 12.2. The molecule has 1 saturated heterocycles. The van der Waals surface area contributed by atoms with Gasteiger partial charge in [0.05, 0.1) is 12.6 Å². The Balaban J connectivity index is 1.89. The number of aryl methyl sites for hydroxylation is 1. The highest BCUT2D eigenvalue weighted by atomic mass is 32.1. The van der Waals surface area contributed by atoms with Crippen molar-refractivity contribution in [2.75, 3.05) is 6.54 Å². The van der Waals surface area contributed by atoms with Crippen molar-refractivity contribution in [3.63, 3.8) is 0 Å². The lowest BCUT2D eigenvalue weighted by Gasteiger charge is -2.29. The molecule has 0 amide bonds. The number of piperidine rings is 1. The van der Waals surface area contributed by atoms with E-state index in [1.165, 1.54) is 36.4 Å². The smallest absolute Gasteiger partial charge is 0.275 e. The van der Waals surface area contributed by atoms with Crippen molar-refractivity contribution in [3.05, 3.63) is 27.1 Å². The molecule has 0 radical (unpaired) electrons. The maximum absolute atomic E-state index is 11.8. The summed E-state index contributed by atoms with van der Waals surface area (Å²) < 4.78 is 1.43. The van der Waals surface area contributed by atoms with E-state index in [2.05, 4.69) is 17.0 Å². The SMILES string of the molecule is Cc1cc(=O)n2nc(C[NH+]3CCCC[C@@H]3C)sc2n1. The van der Waals surface area contributed by atoms with Gasteiger partial charge in [0.15, 0.2) is 5.01 Å². The summed E-state index contributed by atoms with van der Waals surface area (Å²) in [4.78, 5) is 18.5. The van der Waals surface area contributed by atoms with Crippen molar-refractivity contribution in [3.8, 4) is 0 Å². The van der Waals surface area contributed by atoms with Crippen molar-refractivity contribution in [1.29, 1.82) is 0 Å². The molecule has 0 aliphatic carbocycles. The Morgan fingerprint density at radius 3 is 3.16 bits per heavy atom. The standard InChI is InChI=1S/C13H18N4OS/c1-9-7-12(18)17-13(14-9)19-11(15-17)8-16-6-4-3-5-10(16)2/h7,10H,3-6,8H2,1-2H3/p+1/t10-/m0/s1. The molecule has 0 aromatic carbocycles. The van der Waals surface area contributed by atoms with Gasteiger partial charge in [0, 0.05) is 11.8 Å². The minimum absolute atomic E-state index is 0.0771. The Kier molecular flexibility index (Phi) is 3.36. The van der Waals surface area contributed by atoms with E-state index in [9.17, 15) is 4.79 Å². The van der Waals surface area contributed by atoms with Crippen LogP contribution in [0.5, 0.6) is 0 Å². The highest BCUT2D eigenvalue weighted by molar-refractivity contribution is 7.16. The van der Waals surface area contributed by atoms with Crippen molar-refractivity contribution >= 4 is 16.3 Å². The fraction of sp³-hybridized carbons (Fsp3) is 0.615. The average molecular weight is 279 g/mol. The monoisotopic (exact) mass is 279 g/mol. The third-order valence-corrected chi connectivity index (χ3v) is 4.78. The number of aromatic nitrogens is 3. The fourth-order valence-corrected chi connectivity index (χ4v) is 3.74. The van der Waals surface area contributed by atoms with Crippen LogP contribution in [0.3, 0.4) is 0 Å². The molecule has 5 nitrogen and oxygen atoms in total. The first kappa shape index (κ1) is 12.7. The third kappa shape index (κ3) is 2.55. The van der Waals surface area contributed by atoms with Crippen molar-refractivity contribution in [1.82, 2.24) is 14.6 Å². The maximum Gasteiger partial charge on any atom is 0.275 e. The molecule has 1 aliphatic rings. The molecular formula is C13H19N4OS+. The van der Waals surface area contributed by atoms with Crippen LogP contribution in [0, 0.1) is 6.92 Å². The van der Waals surface area contributed by atoms with Gasteiger partial charge >= 0.3 is 0 Å². The molecule has 102 valence electrons. The van der Waals surface area contributed by atoms with Gasteiger partial charge in [-0.2, -0.15) is 9.61 Å². The summed E-state index contributed by atoms with van der Waals surface area (Å²) in [5.74, 6) is 0. The molecule has 2 aromatic rings. The van der Waals surface area contributed by atoms with E-state index in [1.807, 2.05) is 6.92 Å². The van der Waals surface area contributed by atoms with Crippen LogP contribution in [-0.4, -0.2) is 27.2 Å². The number of hydrogen-bond acceptors (Lipinski definition) is 4. The normalized spacial score (nSPS) is 23.9. The summed E-state index contributed by atoms with van der Waals surface area (Å²) in [7, 11) is 0. The second-order valence-corrected chi connectivity index (χ2v) is 6.45. The fourth-order valence-electron chi connectivity index (χ4n) is 2.74. The Hall–Kier alpha value is -1.27. The second-order valence-electron chi connectivity index (χ2n) is 5.41. The highest BCUT2D eigenvalue weighted by Gasteiger charge is 2.23. The number of fused-ring (bicyclic) bond motifs is 1. The highest BCUT2D eigenvalue weighted by Crippen LogP contribution is 2.11. The van der Waals surface area contributed by atoms with Crippen LogP contribution in [-0.2, 0) is 6.54 Å². The van der Waals surface area contributed by atoms with Gasteiger partial charge in [0.2, 0.25) is 4.96 Å². The Morgan fingerprint density at radius 1 is 1.53 bits per heavy atom. The molecule has 0 spiro atoms. The van der Waals surface area contributed by atoms with E-state index in [-0.39, 0.29) is 5.56 Å². The number of hydrogen-bond donors (Lipinski definition) is 1. The Bertz CT molecular complexity index is 648. The average Bonchev–Trinajstić information content (AvgIpc) is 2.75. The number of likely N-dealkylation sites (tertiary alicyclic amines) is 1. The molecule has 1 unspecified atom stereocenters. The van der Waals surface area contributed by atoms with Gasteiger partial charge in [-0.3, -0.25) is 4.79 Å². The van der Waals surface area contributed by atoms with Gasteiger partial charge in [0.25, 0.3) is 5.56 Å². The Morgan fingerprint density at radius 2 is 2.37 bits per heavy atom. The van der Waals surface area contributed by atoms with E-state index < -0.39 is 0 Å². The molecule has 19 heavy (non-hydrogen) atoms. The number of nitrogens with zero attached hydrogens (tertiary/aromatic N) is 3. The topological polar surface area (TPSA) is 51.7 Å². The largest absolute Gasteiger partial charge is 0.327 e. The van der Waals surface area contributed by atoms with Crippen LogP contribution < -0.4 is 10.5 Å². The molecule has 2 atom stereocenters. The number of rotatable bonds is 2. The molecule has 1 N–H and O–H groups in total. The van der Waals surface area contributed by atoms with Gasteiger partial charge in [-0.05, 0) is 33.1 Å². The van der Waals surface area contributed by atoms with Crippen LogP contribution in [0.2, 0.25) is 0 Å². The van der Waals surface area contributed by atoms with Gasteiger partial charge in [-0.15, -0.1) is 0 Å². The first-order valence-electron chi connectivity index (χ1n) is 6.84. The second kappa shape index (κ2) is 5.02. The maximum atomic E-state index is 11.8. The molecule has 1 aliphatic heterocycles. The van der Waals surface area contributed by atoms with Crippen molar-refractivity contribution < 1.29 is 4.90 Å².